The molecule has 0 saturated heterocycles. The molecule has 20 heavy (non-hydrogen) atoms. The zero-order valence-electron chi connectivity index (χ0n) is 10.6. The molecule has 3 aromatic rings. The van der Waals surface area contributed by atoms with E-state index in [0.29, 0.717) is 16.8 Å². The third kappa shape index (κ3) is 1.92. The Bertz CT molecular complexity index is 881. The van der Waals surface area contributed by atoms with Gasteiger partial charge in [0.1, 0.15) is 10.4 Å². The number of sulfonamides is 1. The van der Waals surface area contributed by atoms with Gasteiger partial charge in [0.15, 0.2) is 5.52 Å². The van der Waals surface area contributed by atoms with E-state index >= 15 is 0 Å². The molecule has 0 spiro atoms. The number of aromatic nitrogens is 3. The molecule has 0 bridgehead atoms. The zero-order valence-corrected chi connectivity index (χ0v) is 11.4. The number of fused-ring (bicyclic) bond motifs is 1. The molecule has 2 heterocycles. The number of rotatable bonds is 3. The van der Waals surface area contributed by atoms with Crippen molar-refractivity contribution in [2.45, 2.75) is 18.7 Å². The predicted octanol–water partition coefficient (Wildman–Crippen LogP) is 1.63. The number of anilines is 1. The van der Waals surface area contributed by atoms with Crippen molar-refractivity contribution in [1.82, 2.24) is 15.5 Å². The molecule has 0 aliphatic rings. The second kappa shape index (κ2) is 4.30. The molecule has 0 amide bonds. The lowest BCUT2D eigenvalue weighted by atomic mass is 10.3. The van der Waals surface area contributed by atoms with Gasteiger partial charge in [0.2, 0.25) is 5.88 Å². The predicted molar refractivity (Wildman–Crippen MR) is 68.6 cm³/mol. The highest BCUT2D eigenvalue weighted by Gasteiger charge is 2.23. The van der Waals surface area contributed by atoms with Gasteiger partial charge in [0.25, 0.3) is 10.0 Å². The fraction of sp³-hybridized carbons (Fsp3) is 0.182. The SMILES string of the molecule is Cc1noc(NS(=O)(=O)c2cccc3nonc23)c1C. The Kier molecular flexibility index (Phi) is 2.71. The highest BCUT2D eigenvalue weighted by molar-refractivity contribution is 7.93. The van der Waals surface area contributed by atoms with E-state index in [9.17, 15) is 8.42 Å². The van der Waals surface area contributed by atoms with Crippen molar-refractivity contribution in [1.29, 1.82) is 0 Å². The summed E-state index contributed by atoms with van der Waals surface area (Å²) in [6.45, 7) is 3.43. The fourth-order valence-corrected chi connectivity index (χ4v) is 2.88. The lowest BCUT2D eigenvalue weighted by Crippen LogP contribution is -2.13. The van der Waals surface area contributed by atoms with E-state index in [1.165, 1.54) is 6.07 Å². The van der Waals surface area contributed by atoms with Crippen LogP contribution < -0.4 is 4.72 Å². The standard InChI is InChI=1S/C11H10N4O4S/c1-6-7(2)12-18-11(6)15-20(16,17)9-5-3-4-8-10(9)14-19-13-8/h3-5,15H,1-2H3. The summed E-state index contributed by atoms with van der Waals surface area (Å²) in [6, 6.07) is 4.57. The summed E-state index contributed by atoms with van der Waals surface area (Å²) in [6.07, 6.45) is 0. The van der Waals surface area contributed by atoms with Crippen LogP contribution in [0.1, 0.15) is 11.3 Å². The molecule has 9 heteroatoms. The van der Waals surface area contributed by atoms with Crippen LogP contribution in [0.4, 0.5) is 5.88 Å². The van der Waals surface area contributed by atoms with Gasteiger partial charge >= 0.3 is 0 Å². The van der Waals surface area contributed by atoms with Crippen molar-refractivity contribution in [2.24, 2.45) is 0 Å². The molecular formula is C11H10N4O4S. The molecule has 8 nitrogen and oxygen atoms in total. The lowest BCUT2D eigenvalue weighted by Gasteiger charge is -2.05. The Morgan fingerprint density at radius 3 is 2.65 bits per heavy atom. The van der Waals surface area contributed by atoms with Crippen LogP contribution >= 0.6 is 0 Å². The van der Waals surface area contributed by atoms with Crippen LogP contribution in [-0.4, -0.2) is 23.9 Å². The summed E-state index contributed by atoms with van der Waals surface area (Å²) >= 11 is 0. The minimum atomic E-state index is -3.87. The first-order valence-electron chi connectivity index (χ1n) is 5.66. The normalized spacial score (nSPS) is 11.9. The number of aryl methyl sites for hydroxylation is 1. The molecule has 0 aliphatic heterocycles. The van der Waals surface area contributed by atoms with Gasteiger partial charge in [-0.1, -0.05) is 11.2 Å². The van der Waals surface area contributed by atoms with Crippen LogP contribution in [0.2, 0.25) is 0 Å². The second-order valence-corrected chi connectivity index (χ2v) is 5.87. The van der Waals surface area contributed by atoms with Gasteiger partial charge in [-0.15, -0.1) is 0 Å². The topological polar surface area (TPSA) is 111 Å². The van der Waals surface area contributed by atoms with Crippen LogP contribution in [0.15, 0.2) is 32.2 Å². The minimum Gasteiger partial charge on any atom is -0.337 e. The van der Waals surface area contributed by atoms with Crippen LogP contribution in [0.3, 0.4) is 0 Å². The average Bonchev–Trinajstić information content (AvgIpc) is 3.00. The number of benzene rings is 1. The minimum absolute atomic E-state index is 0.0373. The summed E-state index contributed by atoms with van der Waals surface area (Å²) in [5, 5.41) is 10.9. The van der Waals surface area contributed by atoms with Crippen LogP contribution in [0.5, 0.6) is 0 Å². The molecule has 0 radical (unpaired) electrons. The average molecular weight is 294 g/mol. The van der Waals surface area contributed by atoms with Gasteiger partial charge in [0, 0.05) is 5.56 Å². The van der Waals surface area contributed by atoms with E-state index in [1.54, 1.807) is 26.0 Å². The van der Waals surface area contributed by atoms with Gasteiger partial charge in [-0.25, -0.2) is 17.8 Å². The largest absolute Gasteiger partial charge is 0.337 e. The molecule has 3 rings (SSSR count). The summed E-state index contributed by atoms with van der Waals surface area (Å²) in [5.41, 5.74) is 1.76. The Morgan fingerprint density at radius 2 is 1.95 bits per heavy atom. The van der Waals surface area contributed by atoms with E-state index in [1.807, 2.05) is 0 Å². The Labute approximate surface area is 113 Å². The molecule has 1 aromatic carbocycles. The maximum atomic E-state index is 12.4. The number of hydrogen-bond donors (Lipinski definition) is 1. The molecular weight excluding hydrogens is 284 g/mol. The van der Waals surface area contributed by atoms with Crippen molar-refractivity contribution in [2.75, 3.05) is 4.72 Å². The summed E-state index contributed by atoms with van der Waals surface area (Å²) < 4.78 is 36.6. The summed E-state index contributed by atoms with van der Waals surface area (Å²) in [4.78, 5) is -0.0373. The van der Waals surface area contributed by atoms with Crippen LogP contribution in [0.25, 0.3) is 11.0 Å². The van der Waals surface area contributed by atoms with E-state index < -0.39 is 10.0 Å². The monoisotopic (exact) mass is 294 g/mol. The summed E-state index contributed by atoms with van der Waals surface area (Å²) in [7, 11) is -3.87. The molecule has 1 N–H and O–H groups in total. The quantitative estimate of drug-likeness (QED) is 0.781. The third-order valence-electron chi connectivity index (χ3n) is 2.92. The molecule has 0 unspecified atom stereocenters. The zero-order chi connectivity index (χ0) is 14.3. The van der Waals surface area contributed by atoms with Gasteiger partial charge in [0.05, 0.1) is 5.69 Å². The Balaban J connectivity index is 2.08. The Hall–Kier alpha value is -2.42. The molecule has 0 atom stereocenters. The van der Waals surface area contributed by atoms with Crippen molar-refractivity contribution < 1.29 is 17.6 Å². The van der Waals surface area contributed by atoms with Crippen LogP contribution in [0, 0.1) is 13.8 Å². The van der Waals surface area contributed by atoms with Gasteiger partial charge in [-0.2, -0.15) is 0 Å². The van der Waals surface area contributed by atoms with Gasteiger partial charge < -0.3 is 4.52 Å². The fourth-order valence-electron chi connectivity index (χ4n) is 1.69. The highest BCUT2D eigenvalue weighted by atomic mass is 32.2. The van der Waals surface area contributed by atoms with Gasteiger partial charge in [-0.05, 0) is 36.3 Å². The number of hydrogen-bond acceptors (Lipinski definition) is 7. The maximum absolute atomic E-state index is 12.4. The second-order valence-electron chi connectivity index (χ2n) is 4.22. The van der Waals surface area contributed by atoms with E-state index in [2.05, 4.69) is 24.8 Å². The Morgan fingerprint density at radius 1 is 1.15 bits per heavy atom. The van der Waals surface area contributed by atoms with E-state index in [0.717, 1.165) is 0 Å². The summed E-state index contributed by atoms with van der Waals surface area (Å²) in [5.74, 6) is 0.0796. The maximum Gasteiger partial charge on any atom is 0.266 e. The number of nitrogens with one attached hydrogen (secondary N) is 1. The van der Waals surface area contributed by atoms with Gasteiger partial charge in [-0.3, -0.25) is 0 Å². The molecule has 2 aromatic heterocycles. The van der Waals surface area contributed by atoms with Crippen molar-refractivity contribution in [3.8, 4) is 0 Å². The molecule has 104 valence electrons. The molecule has 0 saturated carbocycles. The van der Waals surface area contributed by atoms with Crippen molar-refractivity contribution in [3.63, 3.8) is 0 Å². The van der Waals surface area contributed by atoms with Crippen LogP contribution in [-0.2, 0) is 10.0 Å². The van der Waals surface area contributed by atoms with E-state index in [4.69, 9.17) is 4.52 Å². The molecule has 0 fully saturated rings. The smallest absolute Gasteiger partial charge is 0.266 e. The molecule has 0 aliphatic carbocycles. The first kappa shape index (κ1) is 12.6. The third-order valence-corrected chi connectivity index (χ3v) is 4.29. The highest BCUT2D eigenvalue weighted by Crippen LogP contribution is 2.25. The van der Waals surface area contributed by atoms with E-state index in [-0.39, 0.29) is 16.3 Å². The lowest BCUT2D eigenvalue weighted by molar-refractivity contribution is 0.315. The first-order chi connectivity index (χ1) is 9.49. The number of nitrogens with zero attached hydrogens (tertiary/aromatic N) is 3. The van der Waals surface area contributed by atoms with Crippen molar-refractivity contribution >= 4 is 26.9 Å². The first-order valence-corrected chi connectivity index (χ1v) is 7.14. The van der Waals surface area contributed by atoms with Crippen molar-refractivity contribution in [3.05, 3.63) is 29.5 Å².